The zero-order chi connectivity index (χ0) is 17.4. The third-order valence-electron chi connectivity index (χ3n) is 3.94. The third-order valence-corrected chi connectivity index (χ3v) is 3.94. The second-order valence-corrected chi connectivity index (χ2v) is 5.98. The van der Waals surface area contributed by atoms with E-state index in [1.807, 2.05) is 48.5 Å². The summed E-state index contributed by atoms with van der Waals surface area (Å²) in [5, 5.41) is 5.81. The summed E-state index contributed by atoms with van der Waals surface area (Å²) >= 11 is 0. The minimum absolute atomic E-state index is 0.0691. The molecule has 2 N–H and O–H groups in total. The van der Waals surface area contributed by atoms with Gasteiger partial charge in [-0.1, -0.05) is 67.6 Å². The van der Waals surface area contributed by atoms with E-state index in [0.29, 0.717) is 6.54 Å². The molecule has 2 aromatic carbocycles. The first-order valence-electron chi connectivity index (χ1n) is 8.20. The van der Waals surface area contributed by atoms with Gasteiger partial charge in [0.25, 0.3) is 0 Å². The van der Waals surface area contributed by atoms with Gasteiger partial charge >= 0.3 is 0 Å². The summed E-state index contributed by atoms with van der Waals surface area (Å²) in [6.45, 7) is 4.12. The Bertz CT molecular complexity index is 656. The van der Waals surface area contributed by atoms with E-state index in [2.05, 4.69) is 29.7 Å². The van der Waals surface area contributed by atoms with Gasteiger partial charge in [-0.2, -0.15) is 0 Å². The first kappa shape index (κ1) is 17.7. The minimum atomic E-state index is -0.310. The van der Waals surface area contributed by atoms with Gasteiger partial charge in [0, 0.05) is 13.5 Å². The van der Waals surface area contributed by atoms with Crippen LogP contribution in [0.1, 0.15) is 43.4 Å². The van der Waals surface area contributed by atoms with Gasteiger partial charge in [-0.3, -0.25) is 9.59 Å². The highest BCUT2D eigenvalue weighted by atomic mass is 16.2. The molecular formula is C20H24N2O2. The van der Waals surface area contributed by atoms with Crippen molar-refractivity contribution in [2.24, 2.45) is 0 Å². The number of hydrogen-bond donors (Lipinski definition) is 2. The quantitative estimate of drug-likeness (QED) is 0.822. The summed E-state index contributed by atoms with van der Waals surface area (Å²) < 4.78 is 0. The summed E-state index contributed by atoms with van der Waals surface area (Å²) in [4.78, 5) is 23.7. The fraction of sp³-hybridized carbons (Fsp3) is 0.300. The van der Waals surface area contributed by atoms with Gasteiger partial charge in [0.15, 0.2) is 0 Å². The number of carbonyl (C=O) groups excluding carboxylic acids is 2. The molecule has 0 aliphatic rings. The van der Waals surface area contributed by atoms with Crippen molar-refractivity contribution in [3.8, 4) is 0 Å². The molecule has 4 nitrogen and oxygen atoms in total. The van der Waals surface area contributed by atoms with Crippen LogP contribution in [-0.2, 0) is 9.59 Å². The molecule has 0 aliphatic carbocycles. The molecule has 0 aliphatic heterocycles. The molecular weight excluding hydrogens is 300 g/mol. The molecule has 24 heavy (non-hydrogen) atoms. The maximum atomic E-state index is 12.3. The van der Waals surface area contributed by atoms with Crippen LogP contribution in [0.5, 0.6) is 0 Å². The van der Waals surface area contributed by atoms with Crippen LogP contribution in [-0.4, -0.2) is 18.4 Å². The van der Waals surface area contributed by atoms with E-state index in [9.17, 15) is 9.59 Å². The van der Waals surface area contributed by atoms with Crippen LogP contribution in [0, 0.1) is 0 Å². The third kappa shape index (κ3) is 5.54. The van der Waals surface area contributed by atoms with Gasteiger partial charge in [-0.15, -0.1) is 0 Å². The number of amides is 2. The Kier molecular flexibility index (Phi) is 6.55. The fourth-order valence-corrected chi connectivity index (χ4v) is 2.61. The second-order valence-electron chi connectivity index (χ2n) is 5.98. The Morgan fingerprint density at radius 2 is 1.46 bits per heavy atom. The normalized spacial score (nSPS) is 12.9. The average Bonchev–Trinajstić information content (AvgIpc) is 2.60. The summed E-state index contributed by atoms with van der Waals surface area (Å²) in [5.74, 6) is 0.0285. The zero-order valence-corrected chi connectivity index (χ0v) is 14.2. The molecule has 2 atom stereocenters. The number of hydrogen-bond acceptors (Lipinski definition) is 2. The van der Waals surface area contributed by atoms with Crippen molar-refractivity contribution in [3.05, 3.63) is 71.8 Å². The fourth-order valence-electron chi connectivity index (χ4n) is 2.61. The molecule has 4 heteroatoms. The van der Waals surface area contributed by atoms with Crippen molar-refractivity contribution < 1.29 is 9.59 Å². The van der Waals surface area contributed by atoms with E-state index in [4.69, 9.17) is 0 Å². The van der Waals surface area contributed by atoms with Crippen molar-refractivity contribution in [3.63, 3.8) is 0 Å². The van der Waals surface area contributed by atoms with Crippen LogP contribution in [0.2, 0.25) is 0 Å². The highest BCUT2D eigenvalue weighted by Crippen LogP contribution is 2.17. The first-order valence-corrected chi connectivity index (χ1v) is 8.20. The lowest BCUT2D eigenvalue weighted by Crippen LogP contribution is -2.34. The van der Waals surface area contributed by atoms with Crippen molar-refractivity contribution >= 4 is 11.8 Å². The molecule has 0 saturated heterocycles. The molecule has 0 unspecified atom stereocenters. The number of nitrogens with one attached hydrogen (secondary N) is 2. The van der Waals surface area contributed by atoms with Crippen molar-refractivity contribution in [1.29, 1.82) is 0 Å². The maximum absolute atomic E-state index is 12.3. The monoisotopic (exact) mass is 324 g/mol. The molecule has 0 saturated carbocycles. The van der Waals surface area contributed by atoms with Crippen molar-refractivity contribution in [2.75, 3.05) is 6.54 Å². The lowest BCUT2D eigenvalue weighted by atomic mass is 10.0. The van der Waals surface area contributed by atoms with Crippen LogP contribution < -0.4 is 10.6 Å². The summed E-state index contributed by atoms with van der Waals surface area (Å²) in [7, 11) is 0. The van der Waals surface area contributed by atoms with E-state index < -0.39 is 0 Å². The molecule has 0 fully saturated rings. The van der Waals surface area contributed by atoms with Gasteiger partial charge in [-0.25, -0.2) is 0 Å². The molecule has 0 radical (unpaired) electrons. The predicted octanol–water partition coefficient (Wildman–Crippen LogP) is 3.17. The molecule has 0 aromatic heterocycles. The van der Waals surface area contributed by atoms with Crippen molar-refractivity contribution in [2.45, 2.75) is 32.2 Å². The Morgan fingerprint density at radius 1 is 0.917 bits per heavy atom. The SMILES string of the molecule is CC(=O)N[C@@H](CC(=O)NC[C@H](C)c1ccccc1)c1ccccc1. The lowest BCUT2D eigenvalue weighted by molar-refractivity contribution is -0.122. The Hall–Kier alpha value is -2.62. The van der Waals surface area contributed by atoms with Gasteiger partial charge in [-0.05, 0) is 17.0 Å². The van der Waals surface area contributed by atoms with Crippen LogP contribution in [0.25, 0.3) is 0 Å². The first-order chi connectivity index (χ1) is 11.6. The summed E-state index contributed by atoms with van der Waals surface area (Å²) in [6, 6.07) is 19.3. The topological polar surface area (TPSA) is 58.2 Å². The number of carbonyl (C=O) groups is 2. The summed E-state index contributed by atoms with van der Waals surface area (Å²) in [6.07, 6.45) is 0.227. The van der Waals surface area contributed by atoms with Crippen molar-refractivity contribution in [1.82, 2.24) is 10.6 Å². The second kappa shape index (κ2) is 8.87. The molecule has 0 bridgehead atoms. The van der Waals surface area contributed by atoms with E-state index >= 15 is 0 Å². The van der Waals surface area contributed by atoms with Gasteiger partial charge < -0.3 is 10.6 Å². The van der Waals surface area contributed by atoms with Gasteiger partial charge in [0.2, 0.25) is 11.8 Å². The molecule has 126 valence electrons. The van der Waals surface area contributed by atoms with Crippen LogP contribution in [0.4, 0.5) is 0 Å². The average molecular weight is 324 g/mol. The number of rotatable bonds is 7. The van der Waals surface area contributed by atoms with Gasteiger partial charge in [0.05, 0.1) is 12.5 Å². The molecule has 2 aromatic rings. The van der Waals surface area contributed by atoms with E-state index in [1.54, 1.807) is 0 Å². The highest BCUT2D eigenvalue weighted by Gasteiger charge is 2.17. The Morgan fingerprint density at radius 3 is 2.00 bits per heavy atom. The molecule has 0 heterocycles. The molecule has 0 spiro atoms. The lowest BCUT2D eigenvalue weighted by Gasteiger charge is -2.19. The number of benzene rings is 2. The predicted molar refractivity (Wildman–Crippen MR) is 95.5 cm³/mol. The molecule has 2 rings (SSSR count). The van der Waals surface area contributed by atoms with E-state index in [1.165, 1.54) is 12.5 Å². The Labute approximate surface area is 143 Å². The summed E-state index contributed by atoms with van der Waals surface area (Å²) in [5.41, 5.74) is 2.12. The standard InChI is InChI=1S/C20H24N2O2/c1-15(17-9-5-3-6-10-17)14-21-20(24)13-19(22-16(2)23)18-11-7-4-8-12-18/h3-12,15,19H,13-14H2,1-2H3,(H,21,24)(H,22,23)/t15-,19-/m0/s1. The minimum Gasteiger partial charge on any atom is -0.355 e. The van der Waals surface area contributed by atoms with E-state index in [0.717, 1.165) is 5.56 Å². The smallest absolute Gasteiger partial charge is 0.222 e. The Balaban J connectivity index is 1.92. The van der Waals surface area contributed by atoms with Gasteiger partial charge in [0.1, 0.15) is 0 Å². The van der Waals surface area contributed by atoms with Crippen LogP contribution in [0.3, 0.4) is 0 Å². The largest absolute Gasteiger partial charge is 0.355 e. The molecule has 2 amide bonds. The zero-order valence-electron chi connectivity index (χ0n) is 14.2. The van der Waals surface area contributed by atoms with Crippen LogP contribution in [0.15, 0.2) is 60.7 Å². The van der Waals surface area contributed by atoms with Crippen LogP contribution >= 0.6 is 0 Å². The maximum Gasteiger partial charge on any atom is 0.222 e. The highest BCUT2D eigenvalue weighted by molar-refractivity contribution is 5.79. The van der Waals surface area contributed by atoms with E-state index in [-0.39, 0.29) is 30.2 Å².